The molecule has 17 heavy (non-hydrogen) atoms. The largest absolute Gasteiger partial charge is 0.616 e. The molecule has 1 nitrogen and oxygen atoms in total. The molecule has 1 aliphatic carbocycles. The highest BCUT2D eigenvalue weighted by Crippen LogP contribution is 2.40. The fourth-order valence-electron chi connectivity index (χ4n) is 2.83. The van der Waals surface area contributed by atoms with E-state index in [-0.39, 0.29) is 4.75 Å². The Morgan fingerprint density at radius 1 is 1.18 bits per heavy atom. The quantitative estimate of drug-likeness (QED) is 0.608. The minimum absolute atomic E-state index is 0.192. The number of unbranched alkanes of at least 4 members (excludes halogenated alkanes) is 1. The van der Waals surface area contributed by atoms with Gasteiger partial charge in [-0.1, -0.05) is 33.6 Å². The predicted octanol–water partition coefficient (Wildman–Crippen LogP) is 4.67. The van der Waals surface area contributed by atoms with Crippen LogP contribution < -0.4 is 0 Å². The van der Waals surface area contributed by atoms with Gasteiger partial charge in [-0.25, -0.2) is 0 Å². The van der Waals surface area contributed by atoms with Crippen LogP contribution in [0.2, 0.25) is 0 Å². The van der Waals surface area contributed by atoms with E-state index in [1.54, 1.807) is 0 Å². The summed E-state index contributed by atoms with van der Waals surface area (Å²) >= 11 is -0.581. The van der Waals surface area contributed by atoms with Gasteiger partial charge in [-0.15, -0.1) is 0 Å². The third-order valence-corrected chi connectivity index (χ3v) is 6.35. The zero-order valence-electron chi connectivity index (χ0n) is 12.0. The number of hydrogen-bond donors (Lipinski definition) is 0. The fraction of sp³-hybridized carbons (Fsp3) is 1.00. The smallest absolute Gasteiger partial charge is 0.125 e. The van der Waals surface area contributed by atoms with Crippen LogP contribution in [0.25, 0.3) is 0 Å². The van der Waals surface area contributed by atoms with Gasteiger partial charge < -0.3 is 4.55 Å². The molecule has 0 spiro atoms. The van der Waals surface area contributed by atoms with Crippen LogP contribution in [0, 0.1) is 5.92 Å². The van der Waals surface area contributed by atoms with Crippen LogP contribution in [0.4, 0.5) is 0 Å². The Bertz CT molecular complexity index is 197. The lowest BCUT2D eigenvalue weighted by atomic mass is 9.83. The van der Waals surface area contributed by atoms with Gasteiger partial charge >= 0.3 is 0 Å². The second-order valence-electron chi connectivity index (χ2n) is 6.08. The van der Waals surface area contributed by atoms with Crippen LogP contribution in [0.1, 0.15) is 78.6 Å². The highest BCUT2D eigenvalue weighted by Gasteiger charge is 2.42. The van der Waals surface area contributed by atoms with Crippen molar-refractivity contribution in [3.63, 3.8) is 0 Å². The molecular weight excluding hydrogens is 228 g/mol. The molecule has 1 fully saturated rings. The maximum absolute atomic E-state index is 12.6. The molecule has 0 saturated heterocycles. The molecule has 1 aliphatic rings. The Morgan fingerprint density at radius 3 is 2.35 bits per heavy atom. The topological polar surface area (TPSA) is 23.1 Å². The van der Waals surface area contributed by atoms with Gasteiger partial charge in [0.25, 0.3) is 0 Å². The molecule has 0 heterocycles. The summed E-state index contributed by atoms with van der Waals surface area (Å²) in [4.78, 5) is 0. The Hall–Kier alpha value is 0.310. The molecule has 1 saturated carbocycles. The van der Waals surface area contributed by atoms with Crippen LogP contribution in [-0.2, 0) is 11.2 Å². The van der Waals surface area contributed by atoms with Gasteiger partial charge in [0.1, 0.15) is 10.5 Å². The Kier molecular flexibility index (Phi) is 6.94. The third-order valence-electron chi connectivity index (χ3n) is 4.11. The minimum Gasteiger partial charge on any atom is -0.616 e. The molecule has 0 aromatic heterocycles. The molecule has 1 unspecified atom stereocenters. The summed E-state index contributed by atoms with van der Waals surface area (Å²) in [6.07, 6.45) is 11.1. The van der Waals surface area contributed by atoms with Gasteiger partial charge in [0, 0.05) is 0 Å². The zero-order chi connectivity index (χ0) is 12.7. The van der Waals surface area contributed by atoms with E-state index in [1.165, 1.54) is 51.4 Å². The first kappa shape index (κ1) is 15.4. The van der Waals surface area contributed by atoms with Crippen molar-refractivity contribution >= 4 is 11.2 Å². The molecule has 0 aromatic rings. The van der Waals surface area contributed by atoms with E-state index in [1.807, 2.05) is 0 Å². The maximum atomic E-state index is 12.6. The van der Waals surface area contributed by atoms with E-state index in [4.69, 9.17) is 0 Å². The van der Waals surface area contributed by atoms with Crippen molar-refractivity contribution in [2.45, 2.75) is 83.3 Å². The van der Waals surface area contributed by atoms with Gasteiger partial charge in [0.05, 0.1) is 0 Å². The molecule has 0 bridgehead atoms. The predicted molar refractivity (Wildman–Crippen MR) is 77.8 cm³/mol. The van der Waals surface area contributed by atoms with Crippen molar-refractivity contribution in [2.75, 3.05) is 5.75 Å². The van der Waals surface area contributed by atoms with Crippen molar-refractivity contribution in [1.29, 1.82) is 0 Å². The fourth-order valence-corrected chi connectivity index (χ4v) is 4.90. The van der Waals surface area contributed by atoms with E-state index in [0.29, 0.717) is 0 Å². The third kappa shape index (κ3) is 4.82. The molecule has 102 valence electrons. The average molecular weight is 258 g/mol. The van der Waals surface area contributed by atoms with E-state index < -0.39 is 11.2 Å². The summed E-state index contributed by atoms with van der Waals surface area (Å²) in [6, 6.07) is 0. The summed E-state index contributed by atoms with van der Waals surface area (Å²) in [5.74, 6) is 1.69. The van der Waals surface area contributed by atoms with Crippen LogP contribution in [0.5, 0.6) is 0 Å². The van der Waals surface area contributed by atoms with Crippen molar-refractivity contribution in [2.24, 2.45) is 5.92 Å². The monoisotopic (exact) mass is 258 g/mol. The first-order valence-corrected chi connectivity index (χ1v) is 8.81. The lowest BCUT2D eigenvalue weighted by Gasteiger charge is -2.39. The summed E-state index contributed by atoms with van der Waals surface area (Å²) in [6.45, 7) is 6.76. The molecule has 1 atom stereocenters. The summed E-state index contributed by atoms with van der Waals surface area (Å²) < 4.78 is 12.8. The highest BCUT2D eigenvalue weighted by atomic mass is 32.2. The van der Waals surface area contributed by atoms with E-state index >= 15 is 0 Å². The number of hydrogen-bond acceptors (Lipinski definition) is 1. The zero-order valence-corrected chi connectivity index (χ0v) is 12.8. The Labute approximate surface area is 111 Å². The van der Waals surface area contributed by atoms with Crippen molar-refractivity contribution in [3.8, 4) is 0 Å². The summed E-state index contributed by atoms with van der Waals surface area (Å²) in [7, 11) is 0. The Balaban J connectivity index is 2.56. The van der Waals surface area contributed by atoms with Gasteiger partial charge in [-0.2, -0.15) is 0 Å². The molecule has 0 aliphatic heterocycles. The standard InChI is InChI=1S/C15H30OS/c1-4-5-13-17(16)15(12-9-14(2)3)10-7-6-8-11-15/h14H,4-13H2,1-3H3. The first-order chi connectivity index (χ1) is 8.10. The molecular formula is C15H30OS. The summed E-state index contributed by atoms with van der Waals surface area (Å²) in [5, 5.41) is 0. The number of rotatable bonds is 7. The van der Waals surface area contributed by atoms with E-state index in [2.05, 4.69) is 20.8 Å². The van der Waals surface area contributed by atoms with E-state index in [0.717, 1.165) is 18.1 Å². The summed E-state index contributed by atoms with van der Waals surface area (Å²) in [5.41, 5.74) is 0. The van der Waals surface area contributed by atoms with Gasteiger partial charge in [-0.05, 0) is 62.0 Å². The molecule has 0 radical (unpaired) electrons. The van der Waals surface area contributed by atoms with Crippen LogP contribution in [0.3, 0.4) is 0 Å². The van der Waals surface area contributed by atoms with E-state index in [9.17, 15) is 4.55 Å². The second-order valence-corrected chi connectivity index (χ2v) is 8.04. The molecule has 0 N–H and O–H groups in total. The lowest BCUT2D eigenvalue weighted by molar-refractivity contribution is 0.333. The maximum Gasteiger partial charge on any atom is 0.125 e. The molecule has 0 aromatic carbocycles. The van der Waals surface area contributed by atoms with Crippen LogP contribution in [0.15, 0.2) is 0 Å². The normalized spacial score (nSPS) is 21.7. The molecule has 1 rings (SSSR count). The minimum atomic E-state index is -0.581. The Morgan fingerprint density at radius 2 is 1.82 bits per heavy atom. The molecule has 0 amide bonds. The molecule has 2 heteroatoms. The van der Waals surface area contributed by atoms with Crippen LogP contribution in [-0.4, -0.2) is 15.1 Å². The lowest BCUT2D eigenvalue weighted by Crippen LogP contribution is -2.42. The highest BCUT2D eigenvalue weighted by molar-refractivity contribution is 7.92. The van der Waals surface area contributed by atoms with Gasteiger partial charge in [0.15, 0.2) is 0 Å². The van der Waals surface area contributed by atoms with Gasteiger partial charge in [0.2, 0.25) is 0 Å². The SMILES string of the molecule is CCCC[S+]([O-])C1(CCC(C)C)CCCCC1. The first-order valence-electron chi connectivity index (χ1n) is 7.49. The van der Waals surface area contributed by atoms with Crippen LogP contribution >= 0.6 is 0 Å². The van der Waals surface area contributed by atoms with Crippen molar-refractivity contribution in [1.82, 2.24) is 0 Å². The second kappa shape index (κ2) is 7.68. The van der Waals surface area contributed by atoms with Crippen molar-refractivity contribution in [3.05, 3.63) is 0 Å². The average Bonchev–Trinajstić information content (AvgIpc) is 2.34. The van der Waals surface area contributed by atoms with Crippen molar-refractivity contribution < 1.29 is 4.55 Å². The van der Waals surface area contributed by atoms with Gasteiger partial charge in [-0.3, -0.25) is 0 Å².